The molecule has 0 bridgehead atoms. The number of hydrogen-bond donors (Lipinski definition) is 0. The normalized spacial score (nSPS) is 11.9. The van der Waals surface area contributed by atoms with Gasteiger partial charge in [0.1, 0.15) is 0 Å². The van der Waals surface area contributed by atoms with Crippen molar-refractivity contribution in [3.63, 3.8) is 0 Å². The van der Waals surface area contributed by atoms with E-state index in [1.54, 1.807) is 0 Å². The van der Waals surface area contributed by atoms with Crippen molar-refractivity contribution in [3.8, 4) is 0 Å². The first-order valence-electron chi connectivity index (χ1n) is 6.47. The third-order valence-electron chi connectivity index (χ3n) is 2.51. The second kappa shape index (κ2) is 13.5. The Hall–Kier alpha value is -0.520. The highest BCUT2D eigenvalue weighted by molar-refractivity contribution is 4.82. The Kier molecular flexibility index (Phi) is 13.0. The molecule has 0 aromatic heterocycles. The molecule has 15 heavy (non-hydrogen) atoms. The standard InChI is InChI=1S/C15H27/c1-3-5-7-9-11-13-15-14-12-10-8-6-4-2/h4,6,13,15H,1,3,5,7-12,14H2,2H3. The molecule has 0 unspecified atom stereocenters. The average Bonchev–Trinajstić information content (AvgIpc) is 2.26. The lowest BCUT2D eigenvalue weighted by atomic mass is 10.1. The first-order chi connectivity index (χ1) is 7.41. The summed E-state index contributed by atoms with van der Waals surface area (Å²) in [5.41, 5.74) is 0. The van der Waals surface area contributed by atoms with E-state index in [1.165, 1.54) is 51.4 Å². The number of rotatable bonds is 10. The number of unbranched alkanes of at least 4 members (excludes halogenated alkanes) is 7. The number of allylic oxidation sites excluding steroid dienone is 4. The van der Waals surface area contributed by atoms with E-state index in [2.05, 4.69) is 38.2 Å². The van der Waals surface area contributed by atoms with Crippen LogP contribution in [-0.2, 0) is 0 Å². The lowest BCUT2D eigenvalue weighted by Crippen LogP contribution is -1.75. The molecule has 0 nitrogen and oxygen atoms in total. The fourth-order valence-electron chi connectivity index (χ4n) is 1.54. The molecule has 0 spiro atoms. The maximum atomic E-state index is 3.84. The Bertz CT molecular complexity index is 153. The Labute approximate surface area is 96.5 Å². The molecule has 0 atom stereocenters. The molecular weight excluding hydrogens is 180 g/mol. The van der Waals surface area contributed by atoms with Crippen LogP contribution < -0.4 is 0 Å². The summed E-state index contributed by atoms with van der Waals surface area (Å²) in [6, 6.07) is 0. The smallest absolute Gasteiger partial charge is 0.0351 e. The molecule has 0 heteroatoms. The van der Waals surface area contributed by atoms with Gasteiger partial charge in [-0.05, 0) is 45.4 Å². The van der Waals surface area contributed by atoms with Crippen LogP contribution in [0.3, 0.4) is 0 Å². The average molecular weight is 207 g/mol. The van der Waals surface area contributed by atoms with Crippen molar-refractivity contribution in [2.24, 2.45) is 0 Å². The lowest BCUT2D eigenvalue weighted by molar-refractivity contribution is 0.692. The van der Waals surface area contributed by atoms with Gasteiger partial charge in [-0.1, -0.05) is 50.5 Å². The van der Waals surface area contributed by atoms with Gasteiger partial charge in [0.25, 0.3) is 0 Å². The molecule has 0 N–H and O–H groups in total. The van der Waals surface area contributed by atoms with Crippen LogP contribution in [0, 0.1) is 6.92 Å². The molecule has 0 fully saturated rings. The fourth-order valence-corrected chi connectivity index (χ4v) is 1.54. The predicted molar refractivity (Wildman–Crippen MR) is 70.9 cm³/mol. The van der Waals surface area contributed by atoms with E-state index in [0.717, 1.165) is 6.42 Å². The van der Waals surface area contributed by atoms with Gasteiger partial charge in [-0.15, -0.1) is 0 Å². The first kappa shape index (κ1) is 14.5. The molecule has 0 heterocycles. The monoisotopic (exact) mass is 207 g/mol. The molecular formula is C15H27. The van der Waals surface area contributed by atoms with Gasteiger partial charge >= 0.3 is 0 Å². The third kappa shape index (κ3) is 13.5. The van der Waals surface area contributed by atoms with Gasteiger partial charge in [0.15, 0.2) is 0 Å². The van der Waals surface area contributed by atoms with Gasteiger partial charge in [-0.2, -0.15) is 0 Å². The van der Waals surface area contributed by atoms with E-state index in [0.29, 0.717) is 0 Å². The van der Waals surface area contributed by atoms with Crippen molar-refractivity contribution >= 4 is 0 Å². The molecule has 0 aliphatic carbocycles. The van der Waals surface area contributed by atoms with Crippen LogP contribution in [0.2, 0.25) is 0 Å². The van der Waals surface area contributed by atoms with E-state index in [4.69, 9.17) is 0 Å². The summed E-state index contributed by atoms with van der Waals surface area (Å²) in [4.78, 5) is 0. The maximum Gasteiger partial charge on any atom is -0.0351 e. The van der Waals surface area contributed by atoms with Crippen LogP contribution in [0.25, 0.3) is 0 Å². The van der Waals surface area contributed by atoms with Crippen molar-refractivity contribution in [2.45, 2.75) is 64.7 Å². The molecule has 1 radical (unpaired) electrons. The van der Waals surface area contributed by atoms with Crippen molar-refractivity contribution in [1.82, 2.24) is 0 Å². The summed E-state index contributed by atoms with van der Waals surface area (Å²) in [5.74, 6) is 0. The summed E-state index contributed by atoms with van der Waals surface area (Å²) >= 11 is 0. The maximum absolute atomic E-state index is 3.84. The van der Waals surface area contributed by atoms with E-state index in [1.807, 2.05) is 0 Å². The highest BCUT2D eigenvalue weighted by Crippen LogP contribution is 2.05. The van der Waals surface area contributed by atoms with E-state index in [-0.39, 0.29) is 0 Å². The molecule has 87 valence electrons. The van der Waals surface area contributed by atoms with Gasteiger partial charge in [-0.25, -0.2) is 0 Å². The SMILES string of the molecule is [CH2]CCCCCC=CCCCCC=CC. The molecule has 0 amide bonds. The van der Waals surface area contributed by atoms with Crippen molar-refractivity contribution < 1.29 is 0 Å². The zero-order chi connectivity index (χ0) is 11.2. The second-order valence-corrected chi connectivity index (χ2v) is 4.03. The van der Waals surface area contributed by atoms with E-state index < -0.39 is 0 Å². The van der Waals surface area contributed by atoms with Crippen LogP contribution in [0.4, 0.5) is 0 Å². The van der Waals surface area contributed by atoms with Gasteiger partial charge in [-0.3, -0.25) is 0 Å². The summed E-state index contributed by atoms with van der Waals surface area (Å²) in [5, 5.41) is 0. The van der Waals surface area contributed by atoms with Crippen LogP contribution in [0.1, 0.15) is 64.7 Å². The minimum Gasteiger partial charge on any atom is -0.0917 e. The highest BCUT2D eigenvalue weighted by atomic mass is 13.9. The number of hydrogen-bond acceptors (Lipinski definition) is 0. The Morgan fingerprint density at radius 3 is 1.80 bits per heavy atom. The predicted octanol–water partition coefficient (Wildman–Crippen LogP) is 5.46. The van der Waals surface area contributed by atoms with Crippen LogP contribution >= 0.6 is 0 Å². The highest BCUT2D eigenvalue weighted by Gasteiger charge is 1.85. The summed E-state index contributed by atoms with van der Waals surface area (Å²) < 4.78 is 0. The van der Waals surface area contributed by atoms with Crippen LogP contribution in [-0.4, -0.2) is 0 Å². The Balaban J connectivity index is 3.03. The summed E-state index contributed by atoms with van der Waals surface area (Å²) in [6.07, 6.45) is 20.6. The van der Waals surface area contributed by atoms with Gasteiger partial charge < -0.3 is 0 Å². The minimum absolute atomic E-state index is 1.09. The Morgan fingerprint density at radius 1 is 0.733 bits per heavy atom. The van der Waals surface area contributed by atoms with Gasteiger partial charge in [0.05, 0.1) is 0 Å². The van der Waals surface area contributed by atoms with Crippen molar-refractivity contribution in [1.29, 1.82) is 0 Å². The third-order valence-corrected chi connectivity index (χ3v) is 2.51. The molecule has 0 saturated carbocycles. The molecule has 0 aromatic rings. The second-order valence-electron chi connectivity index (χ2n) is 4.03. The van der Waals surface area contributed by atoms with Crippen molar-refractivity contribution in [2.75, 3.05) is 0 Å². The van der Waals surface area contributed by atoms with Crippen molar-refractivity contribution in [3.05, 3.63) is 31.2 Å². The lowest BCUT2D eigenvalue weighted by Gasteiger charge is -1.95. The van der Waals surface area contributed by atoms with Crippen LogP contribution in [0.15, 0.2) is 24.3 Å². The van der Waals surface area contributed by atoms with Gasteiger partial charge in [0, 0.05) is 0 Å². The zero-order valence-corrected chi connectivity index (χ0v) is 10.4. The largest absolute Gasteiger partial charge is 0.0917 e. The summed E-state index contributed by atoms with van der Waals surface area (Å²) in [7, 11) is 0. The summed E-state index contributed by atoms with van der Waals surface area (Å²) in [6.45, 7) is 5.93. The molecule has 0 aliphatic heterocycles. The van der Waals surface area contributed by atoms with E-state index >= 15 is 0 Å². The van der Waals surface area contributed by atoms with E-state index in [9.17, 15) is 0 Å². The topological polar surface area (TPSA) is 0 Å². The minimum atomic E-state index is 1.09. The molecule has 0 aromatic carbocycles. The molecule has 0 aliphatic rings. The molecule has 0 rings (SSSR count). The van der Waals surface area contributed by atoms with Gasteiger partial charge in [0.2, 0.25) is 0 Å². The first-order valence-corrected chi connectivity index (χ1v) is 6.47. The quantitative estimate of drug-likeness (QED) is 0.329. The zero-order valence-electron chi connectivity index (χ0n) is 10.4. The fraction of sp³-hybridized carbons (Fsp3) is 0.667. The van der Waals surface area contributed by atoms with Crippen LogP contribution in [0.5, 0.6) is 0 Å². The Morgan fingerprint density at radius 2 is 1.27 bits per heavy atom. The molecule has 0 saturated heterocycles.